The Labute approximate surface area is 125 Å². The summed E-state index contributed by atoms with van der Waals surface area (Å²) in [4.78, 5) is 10.1. The van der Waals surface area contributed by atoms with Gasteiger partial charge in [-0.05, 0) is 32.1 Å². The largest absolute Gasteiger partial charge is 0.369 e. The number of aldehydes is 1. The lowest BCUT2D eigenvalue weighted by Crippen LogP contribution is -1.92. The Morgan fingerprint density at radius 2 is 1.60 bits per heavy atom. The number of epoxide rings is 1. The van der Waals surface area contributed by atoms with Gasteiger partial charge < -0.3 is 9.53 Å². The van der Waals surface area contributed by atoms with Crippen LogP contribution >= 0.6 is 0 Å². The number of hydrogen-bond acceptors (Lipinski definition) is 2. The van der Waals surface area contributed by atoms with Gasteiger partial charge >= 0.3 is 0 Å². The Morgan fingerprint density at radius 3 is 2.35 bits per heavy atom. The normalized spacial score (nSPS) is 21.4. The van der Waals surface area contributed by atoms with E-state index >= 15 is 0 Å². The molecule has 2 unspecified atom stereocenters. The third-order valence-corrected chi connectivity index (χ3v) is 4.01. The third kappa shape index (κ3) is 9.30. The van der Waals surface area contributed by atoms with Gasteiger partial charge in [-0.2, -0.15) is 0 Å². The maximum Gasteiger partial charge on any atom is 0.119 e. The first kappa shape index (κ1) is 17.4. The van der Waals surface area contributed by atoms with E-state index in [0.717, 1.165) is 25.5 Å². The Balaban J connectivity index is 1.80. The predicted octanol–water partition coefficient (Wildman–Crippen LogP) is 5.21. The van der Waals surface area contributed by atoms with E-state index in [0.29, 0.717) is 12.2 Å². The maximum atomic E-state index is 10.1. The summed E-state index contributed by atoms with van der Waals surface area (Å²) in [7, 11) is 0. The summed E-state index contributed by atoms with van der Waals surface area (Å²) in [6.45, 7) is 2.25. The first-order valence-electron chi connectivity index (χ1n) is 8.62. The molecule has 0 aliphatic carbocycles. The smallest absolute Gasteiger partial charge is 0.119 e. The van der Waals surface area contributed by atoms with Gasteiger partial charge in [0.2, 0.25) is 0 Å². The van der Waals surface area contributed by atoms with Crippen molar-refractivity contribution >= 4 is 6.29 Å². The molecule has 0 N–H and O–H groups in total. The summed E-state index contributed by atoms with van der Waals surface area (Å²) < 4.78 is 5.67. The molecule has 1 fully saturated rings. The van der Waals surface area contributed by atoms with Crippen molar-refractivity contribution in [3.05, 3.63) is 12.2 Å². The van der Waals surface area contributed by atoms with Crippen LogP contribution in [0.5, 0.6) is 0 Å². The summed E-state index contributed by atoms with van der Waals surface area (Å²) in [5.41, 5.74) is 0. The summed E-state index contributed by atoms with van der Waals surface area (Å²) in [5.74, 6) is 0. The van der Waals surface area contributed by atoms with Gasteiger partial charge in [-0.15, -0.1) is 0 Å². The summed E-state index contributed by atoms with van der Waals surface area (Å²) in [6, 6.07) is 0. The lowest BCUT2D eigenvalue weighted by Gasteiger charge is -1.97. The van der Waals surface area contributed by atoms with E-state index in [-0.39, 0.29) is 0 Å². The molecule has 2 nitrogen and oxygen atoms in total. The molecule has 0 radical (unpaired) electrons. The highest BCUT2D eigenvalue weighted by atomic mass is 16.6. The maximum absolute atomic E-state index is 10.1. The molecule has 2 heteroatoms. The van der Waals surface area contributed by atoms with Crippen molar-refractivity contribution in [1.82, 2.24) is 0 Å². The van der Waals surface area contributed by atoms with Crippen LogP contribution in [0, 0.1) is 0 Å². The third-order valence-electron chi connectivity index (χ3n) is 4.01. The zero-order chi connectivity index (χ0) is 14.5. The zero-order valence-corrected chi connectivity index (χ0v) is 13.2. The van der Waals surface area contributed by atoms with Gasteiger partial charge in [0, 0.05) is 6.42 Å². The minimum absolute atomic E-state index is 0.520. The van der Waals surface area contributed by atoms with E-state index in [2.05, 4.69) is 19.1 Å². The van der Waals surface area contributed by atoms with Crippen LogP contribution in [-0.2, 0) is 9.53 Å². The van der Waals surface area contributed by atoms with Crippen molar-refractivity contribution in [1.29, 1.82) is 0 Å². The van der Waals surface area contributed by atoms with Crippen LogP contribution in [0.1, 0.15) is 84.0 Å². The molecule has 0 amide bonds. The van der Waals surface area contributed by atoms with E-state index in [1.807, 2.05) is 0 Å². The molecule has 1 heterocycles. The number of ether oxygens (including phenoxy) is 1. The molecule has 2 atom stereocenters. The number of carbonyl (C=O) groups is 1. The van der Waals surface area contributed by atoms with Gasteiger partial charge in [0.1, 0.15) is 6.29 Å². The second-order valence-electron chi connectivity index (χ2n) is 5.93. The molecule has 0 bridgehead atoms. The van der Waals surface area contributed by atoms with Crippen LogP contribution in [0.3, 0.4) is 0 Å². The summed E-state index contributed by atoms with van der Waals surface area (Å²) in [5, 5.41) is 0. The second-order valence-corrected chi connectivity index (χ2v) is 5.93. The molecule has 116 valence electrons. The van der Waals surface area contributed by atoms with Crippen LogP contribution < -0.4 is 0 Å². The van der Waals surface area contributed by atoms with E-state index in [1.165, 1.54) is 57.8 Å². The standard InChI is InChI=1S/C18H32O2/c1-2-3-11-14-17-18(20-17)15-12-9-7-5-4-6-8-10-13-16-19/h9,12,16-18H,2-8,10-11,13-15H2,1H3/b12-9-. The summed E-state index contributed by atoms with van der Waals surface area (Å²) in [6.07, 6.45) is 21.1. The van der Waals surface area contributed by atoms with Gasteiger partial charge in [0.15, 0.2) is 0 Å². The predicted molar refractivity (Wildman–Crippen MR) is 84.9 cm³/mol. The minimum Gasteiger partial charge on any atom is -0.369 e. The van der Waals surface area contributed by atoms with Crippen LogP contribution in [-0.4, -0.2) is 18.5 Å². The van der Waals surface area contributed by atoms with Crippen molar-refractivity contribution in [2.75, 3.05) is 0 Å². The van der Waals surface area contributed by atoms with Gasteiger partial charge in [0.25, 0.3) is 0 Å². The second kappa shape index (κ2) is 12.1. The first-order valence-corrected chi connectivity index (χ1v) is 8.62. The van der Waals surface area contributed by atoms with Crippen LogP contribution in [0.4, 0.5) is 0 Å². The van der Waals surface area contributed by atoms with Crippen molar-refractivity contribution in [3.63, 3.8) is 0 Å². The molecule has 0 spiro atoms. The van der Waals surface area contributed by atoms with Crippen LogP contribution in [0.15, 0.2) is 12.2 Å². The first-order chi connectivity index (χ1) is 9.88. The summed E-state index contributed by atoms with van der Waals surface area (Å²) >= 11 is 0. The quantitative estimate of drug-likeness (QED) is 0.189. The average molecular weight is 280 g/mol. The van der Waals surface area contributed by atoms with Crippen molar-refractivity contribution in [2.24, 2.45) is 0 Å². The Bertz CT molecular complexity index is 260. The van der Waals surface area contributed by atoms with E-state index in [1.54, 1.807) is 0 Å². The van der Waals surface area contributed by atoms with E-state index < -0.39 is 0 Å². The van der Waals surface area contributed by atoms with E-state index in [4.69, 9.17) is 4.74 Å². The molecule has 0 saturated carbocycles. The fourth-order valence-corrected chi connectivity index (χ4v) is 2.60. The molecular formula is C18H32O2. The van der Waals surface area contributed by atoms with Crippen molar-refractivity contribution in [2.45, 2.75) is 96.2 Å². The highest BCUT2D eigenvalue weighted by Gasteiger charge is 2.36. The fourth-order valence-electron chi connectivity index (χ4n) is 2.60. The number of allylic oxidation sites excluding steroid dienone is 1. The van der Waals surface area contributed by atoms with Crippen LogP contribution in [0.25, 0.3) is 0 Å². The lowest BCUT2D eigenvalue weighted by atomic mass is 10.1. The SMILES string of the molecule is CCCCCC1OC1C/C=C\CCCCCCCC=O. The van der Waals surface area contributed by atoms with Gasteiger partial charge in [-0.3, -0.25) is 0 Å². The molecule has 0 aromatic carbocycles. The molecule has 1 rings (SSSR count). The zero-order valence-electron chi connectivity index (χ0n) is 13.2. The number of unbranched alkanes of at least 4 members (excludes halogenated alkanes) is 8. The molecule has 20 heavy (non-hydrogen) atoms. The topological polar surface area (TPSA) is 29.6 Å². The van der Waals surface area contributed by atoms with Gasteiger partial charge in [0.05, 0.1) is 12.2 Å². The molecule has 1 saturated heterocycles. The van der Waals surface area contributed by atoms with Gasteiger partial charge in [-0.1, -0.05) is 57.6 Å². The van der Waals surface area contributed by atoms with Gasteiger partial charge in [-0.25, -0.2) is 0 Å². The fraction of sp³-hybridized carbons (Fsp3) is 0.833. The molecular weight excluding hydrogens is 248 g/mol. The monoisotopic (exact) mass is 280 g/mol. The molecule has 0 aromatic rings. The van der Waals surface area contributed by atoms with E-state index in [9.17, 15) is 4.79 Å². The number of carbonyl (C=O) groups excluding carboxylic acids is 1. The van der Waals surface area contributed by atoms with Crippen molar-refractivity contribution < 1.29 is 9.53 Å². The molecule has 0 aromatic heterocycles. The Kier molecular flexibility index (Phi) is 10.6. The molecule has 1 aliphatic heterocycles. The highest BCUT2D eigenvalue weighted by Crippen LogP contribution is 2.30. The number of hydrogen-bond donors (Lipinski definition) is 0. The van der Waals surface area contributed by atoms with Crippen molar-refractivity contribution in [3.8, 4) is 0 Å². The average Bonchev–Trinajstić information content (AvgIpc) is 3.20. The minimum atomic E-state index is 0.520. The molecule has 1 aliphatic rings. The van der Waals surface area contributed by atoms with Crippen LogP contribution in [0.2, 0.25) is 0 Å². The highest BCUT2D eigenvalue weighted by molar-refractivity contribution is 5.48. The Morgan fingerprint density at radius 1 is 0.850 bits per heavy atom. The lowest BCUT2D eigenvalue weighted by molar-refractivity contribution is -0.107. The number of rotatable bonds is 14. The Hall–Kier alpha value is -0.630.